The van der Waals surface area contributed by atoms with Gasteiger partial charge >= 0.3 is 0 Å². The predicted molar refractivity (Wildman–Crippen MR) is 105 cm³/mol. The zero-order chi connectivity index (χ0) is 20.1. The maximum absolute atomic E-state index is 13.2. The van der Waals surface area contributed by atoms with E-state index in [4.69, 9.17) is 9.15 Å². The van der Waals surface area contributed by atoms with Crippen molar-refractivity contribution in [2.45, 2.75) is 39.5 Å². The van der Waals surface area contributed by atoms with E-state index in [9.17, 15) is 9.18 Å². The minimum Gasteiger partial charge on any atom is -0.453 e. The molecule has 1 aliphatic rings. The van der Waals surface area contributed by atoms with Gasteiger partial charge in [0.1, 0.15) is 18.2 Å². The van der Waals surface area contributed by atoms with Crippen molar-refractivity contribution < 1.29 is 18.3 Å². The Hall–Kier alpha value is -2.18. The Morgan fingerprint density at radius 2 is 1.96 bits per heavy atom. The second kappa shape index (κ2) is 9.34. The van der Waals surface area contributed by atoms with E-state index in [0.29, 0.717) is 37.1 Å². The Balaban J connectivity index is 1.72. The highest BCUT2D eigenvalue weighted by Crippen LogP contribution is 2.22. The van der Waals surface area contributed by atoms with Gasteiger partial charge in [-0.15, -0.1) is 0 Å². The lowest BCUT2D eigenvalue weighted by Crippen LogP contribution is -2.45. The Kier molecular flexibility index (Phi) is 6.86. The zero-order valence-electron chi connectivity index (χ0n) is 16.9. The number of hydrogen-bond acceptors (Lipinski definition) is 4. The molecular weight excluding hydrogens is 359 g/mol. The minimum absolute atomic E-state index is 0.0726. The Bertz CT molecular complexity index is 772. The minimum atomic E-state index is -0.219. The van der Waals surface area contributed by atoms with E-state index in [1.165, 1.54) is 12.1 Å². The number of amides is 1. The summed E-state index contributed by atoms with van der Waals surface area (Å²) in [5.41, 5.74) is 1.09. The number of benzene rings is 1. The van der Waals surface area contributed by atoms with E-state index in [0.717, 1.165) is 25.1 Å². The summed E-state index contributed by atoms with van der Waals surface area (Å²) >= 11 is 0. The highest BCUT2D eigenvalue weighted by molar-refractivity contribution is 5.91. The van der Waals surface area contributed by atoms with Crippen molar-refractivity contribution in [3.05, 3.63) is 59.3 Å². The average molecular weight is 388 g/mol. The average Bonchev–Trinajstić information content (AvgIpc) is 3.03. The molecule has 0 saturated carbocycles. The molecule has 1 atom stereocenters. The molecule has 0 radical (unpaired) electrons. The molecule has 1 aliphatic heterocycles. The van der Waals surface area contributed by atoms with Gasteiger partial charge in [0.25, 0.3) is 5.91 Å². The molecule has 0 spiro atoms. The number of carbonyl (C=O) groups is 1. The predicted octanol–water partition coefficient (Wildman–Crippen LogP) is 3.94. The summed E-state index contributed by atoms with van der Waals surface area (Å²) in [6.07, 6.45) is 0.891. The molecule has 152 valence electrons. The second-order valence-corrected chi connectivity index (χ2v) is 7.71. The number of rotatable bonds is 6. The molecule has 5 nitrogen and oxygen atoms in total. The van der Waals surface area contributed by atoms with E-state index in [1.807, 2.05) is 17.0 Å². The maximum Gasteiger partial charge on any atom is 0.289 e. The van der Waals surface area contributed by atoms with Crippen LogP contribution in [0.15, 0.2) is 40.8 Å². The molecule has 2 aromatic rings. The van der Waals surface area contributed by atoms with E-state index in [2.05, 4.69) is 18.7 Å². The second-order valence-electron chi connectivity index (χ2n) is 7.71. The molecule has 28 heavy (non-hydrogen) atoms. The highest BCUT2D eigenvalue weighted by atomic mass is 19.1. The third-order valence-corrected chi connectivity index (χ3v) is 5.26. The fraction of sp³-hybridized carbons (Fsp3) is 0.500. The maximum atomic E-state index is 13.2. The smallest absolute Gasteiger partial charge is 0.289 e. The molecule has 0 aliphatic carbocycles. The monoisotopic (exact) mass is 388 g/mol. The number of nitrogens with zero attached hydrogens (tertiary/aromatic N) is 2. The van der Waals surface area contributed by atoms with Gasteiger partial charge in [0.2, 0.25) is 0 Å². The molecule has 0 unspecified atom stereocenters. The summed E-state index contributed by atoms with van der Waals surface area (Å²) in [4.78, 5) is 17.3. The van der Waals surface area contributed by atoms with Crippen LogP contribution in [-0.2, 0) is 17.9 Å². The molecule has 1 aromatic carbocycles. The van der Waals surface area contributed by atoms with Gasteiger partial charge in [0, 0.05) is 39.3 Å². The molecule has 1 fully saturated rings. The van der Waals surface area contributed by atoms with Gasteiger partial charge in [-0.3, -0.25) is 9.69 Å². The summed E-state index contributed by atoms with van der Waals surface area (Å²) in [6, 6.07) is 10.4. The van der Waals surface area contributed by atoms with Crippen LogP contribution in [-0.4, -0.2) is 48.5 Å². The van der Waals surface area contributed by atoms with Gasteiger partial charge in [0.05, 0.1) is 0 Å². The standard InChI is InChI=1S/C22H29FN2O3/c1-16(2)20-14-25(22(26)21-10-9-19(28-21)15-27-3)12-4-11-24(20)13-17-5-7-18(23)8-6-17/h5-10,16,20H,4,11-15H2,1-3H3/t20-/m0/s1. The SMILES string of the molecule is COCc1ccc(C(=O)N2CCCN(Cc3ccc(F)cc3)[C@H](C(C)C)C2)o1. The molecule has 0 bridgehead atoms. The quantitative estimate of drug-likeness (QED) is 0.752. The molecule has 2 heterocycles. The van der Waals surface area contributed by atoms with Crippen molar-refractivity contribution >= 4 is 5.91 Å². The van der Waals surface area contributed by atoms with Crippen molar-refractivity contribution in [1.82, 2.24) is 9.80 Å². The lowest BCUT2D eigenvalue weighted by molar-refractivity contribution is 0.0664. The van der Waals surface area contributed by atoms with Crippen LogP contribution in [0.5, 0.6) is 0 Å². The Morgan fingerprint density at radius 3 is 2.64 bits per heavy atom. The first kappa shape index (κ1) is 20.6. The molecule has 6 heteroatoms. The van der Waals surface area contributed by atoms with Crippen molar-refractivity contribution in [3.63, 3.8) is 0 Å². The Morgan fingerprint density at radius 1 is 1.21 bits per heavy atom. The third kappa shape index (κ3) is 5.00. The van der Waals surface area contributed by atoms with Gasteiger partial charge in [-0.25, -0.2) is 4.39 Å². The first-order chi connectivity index (χ1) is 13.5. The van der Waals surface area contributed by atoms with Crippen molar-refractivity contribution in [2.24, 2.45) is 5.92 Å². The fourth-order valence-electron chi connectivity index (χ4n) is 3.77. The summed E-state index contributed by atoms with van der Waals surface area (Å²) < 4.78 is 23.9. The van der Waals surface area contributed by atoms with Crippen LogP contribution in [0.4, 0.5) is 4.39 Å². The van der Waals surface area contributed by atoms with Crippen molar-refractivity contribution in [3.8, 4) is 0 Å². The van der Waals surface area contributed by atoms with Crippen molar-refractivity contribution in [1.29, 1.82) is 0 Å². The zero-order valence-corrected chi connectivity index (χ0v) is 16.9. The van der Waals surface area contributed by atoms with E-state index >= 15 is 0 Å². The van der Waals surface area contributed by atoms with Crippen LogP contribution >= 0.6 is 0 Å². The fourth-order valence-corrected chi connectivity index (χ4v) is 3.77. The van der Waals surface area contributed by atoms with Crippen LogP contribution in [0.2, 0.25) is 0 Å². The van der Waals surface area contributed by atoms with Crippen molar-refractivity contribution in [2.75, 3.05) is 26.7 Å². The first-order valence-corrected chi connectivity index (χ1v) is 9.83. The first-order valence-electron chi connectivity index (χ1n) is 9.83. The summed E-state index contributed by atoms with van der Waals surface area (Å²) in [6.45, 7) is 7.72. The molecule has 1 aromatic heterocycles. The molecule has 1 amide bonds. The topological polar surface area (TPSA) is 45.9 Å². The van der Waals surface area contributed by atoms with E-state index in [-0.39, 0.29) is 17.8 Å². The normalized spacial score (nSPS) is 18.5. The van der Waals surface area contributed by atoms with Crippen LogP contribution in [0.3, 0.4) is 0 Å². The molecule has 1 saturated heterocycles. The third-order valence-electron chi connectivity index (χ3n) is 5.26. The number of methoxy groups -OCH3 is 1. The van der Waals surface area contributed by atoms with Crippen LogP contribution < -0.4 is 0 Å². The number of ether oxygens (including phenoxy) is 1. The van der Waals surface area contributed by atoms with Gasteiger partial charge in [-0.1, -0.05) is 26.0 Å². The lowest BCUT2D eigenvalue weighted by Gasteiger charge is -2.34. The lowest BCUT2D eigenvalue weighted by atomic mass is 10.0. The van der Waals surface area contributed by atoms with Gasteiger partial charge in [-0.05, 0) is 42.2 Å². The Labute approximate surface area is 166 Å². The van der Waals surface area contributed by atoms with Crippen LogP contribution in [0.25, 0.3) is 0 Å². The number of furan rings is 1. The van der Waals surface area contributed by atoms with Crippen LogP contribution in [0.1, 0.15) is 42.1 Å². The summed E-state index contributed by atoms with van der Waals surface area (Å²) in [5, 5.41) is 0. The van der Waals surface area contributed by atoms with E-state index in [1.54, 1.807) is 19.2 Å². The van der Waals surface area contributed by atoms with Crippen LogP contribution in [0, 0.1) is 11.7 Å². The highest BCUT2D eigenvalue weighted by Gasteiger charge is 2.31. The van der Waals surface area contributed by atoms with Gasteiger partial charge < -0.3 is 14.1 Å². The number of carbonyl (C=O) groups excluding carboxylic acids is 1. The molecule has 0 N–H and O–H groups in total. The summed E-state index contributed by atoms with van der Waals surface area (Å²) in [7, 11) is 1.60. The van der Waals surface area contributed by atoms with E-state index < -0.39 is 0 Å². The van der Waals surface area contributed by atoms with Gasteiger partial charge in [0.15, 0.2) is 5.76 Å². The molecular formula is C22H29FN2O3. The number of halogens is 1. The largest absolute Gasteiger partial charge is 0.453 e. The van der Waals surface area contributed by atoms with Gasteiger partial charge in [-0.2, -0.15) is 0 Å². The number of hydrogen-bond donors (Lipinski definition) is 0. The summed E-state index contributed by atoms with van der Waals surface area (Å²) in [5.74, 6) is 1.11. The molecule has 3 rings (SSSR count).